The van der Waals surface area contributed by atoms with Crippen LogP contribution in [0.3, 0.4) is 0 Å². The number of hydrogen-bond acceptors (Lipinski definition) is 18. The van der Waals surface area contributed by atoms with E-state index in [0.717, 1.165) is 64.1 Å². The summed E-state index contributed by atoms with van der Waals surface area (Å²) in [6, 6.07) is 7.32. The van der Waals surface area contributed by atoms with E-state index in [1.807, 2.05) is 0 Å². The van der Waals surface area contributed by atoms with Gasteiger partial charge in [0.2, 0.25) is 6.29 Å². The van der Waals surface area contributed by atoms with Gasteiger partial charge in [-0.1, -0.05) is 0 Å². The highest BCUT2D eigenvalue weighted by Crippen LogP contribution is 2.37. The van der Waals surface area contributed by atoms with Crippen LogP contribution in [0.5, 0.6) is 23.0 Å². The molecule has 0 spiro atoms. The van der Waals surface area contributed by atoms with Gasteiger partial charge in [0.05, 0.1) is 6.61 Å². The van der Waals surface area contributed by atoms with Gasteiger partial charge in [0.25, 0.3) is 0 Å². The van der Waals surface area contributed by atoms with E-state index in [-0.39, 0.29) is 45.3 Å². The number of carbonyl (C=O) groups excluding carboxylic acids is 6. The Kier molecular flexibility index (Phi) is 12.3. The molecule has 5 unspecified atom stereocenters. The van der Waals surface area contributed by atoms with Crippen molar-refractivity contribution in [1.29, 1.82) is 0 Å². The number of fused-ring (bicyclic) bond motifs is 1. The molecule has 0 bridgehead atoms. The van der Waals surface area contributed by atoms with E-state index in [1.54, 1.807) is 0 Å². The number of allylic oxidation sites excluding steroid dienone is 2. The van der Waals surface area contributed by atoms with Crippen LogP contribution < -0.4 is 24.4 Å². The van der Waals surface area contributed by atoms with Crippen LogP contribution in [0.15, 0.2) is 82.1 Å². The van der Waals surface area contributed by atoms with E-state index in [2.05, 4.69) is 0 Å². The molecule has 1 aliphatic carbocycles. The van der Waals surface area contributed by atoms with Crippen LogP contribution in [-0.4, -0.2) is 93.9 Å². The Morgan fingerprint density at radius 1 is 0.804 bits per heavy atom. The maximum atomic E-state index is 13.5. The first-order valence-corrected chi connectivity index (χ1v) is 16.6. The highest BCUT2D eigenvalue weighted by atomic mass is 16.7. The Bertz CT molecular complexity index is 2210. The summed E-state index contributed by atoms with van der Waals surface area (Å²) >= 11 is 0. The summed E-state index contributed by atoms with van der Waals surface area (Å²) in [6.07, 6.45) is -2.14. The number of hydrogen-bond donors (Lipinski definition) is 3. The molecule has 0 radical (unpaired) electrons. The molecule has 0 saturated carbocycles. The van der Waals surface area contributed by atoms with Crippen LogP contribution in [0.1, 0.15) is 27.7 Å². The number of rotatable bonds is 11. The maximum Gasteiger partial charge on any atom is 0.331 e. The molecule has 294 valence electrons. The lowest BCUT2D eigenvalue weighted by Crippen LogP contribution is -2.61. The van der Waals surface area contributed by atoms with Crippen LogP contribution in [0, 0.1) is 0 Å². The molecule has 1 aromatic heterocycles. The van der Waals surface area contributed by atoms with E-state index >= 15 is 0 Å². The maximum absolute atomic E-state index is 13.5. The third kappa shape index (κ3) is 9.60. The average molecular weight is 779 g/mol. The van der Waals surface area contributed by atoms with Crippen LogP contribution in [0.2, 0.25) is 0 Å². The number of aliphatic hydroxyl groups excluding tert-OH is 3. The average Bonchev–Trinajstić information content (AvgIpc) is 3.11. The van der Waals surface area contributed by atoms with Crippen LogP contribution >= 0.6 is 0 Å². The second-order valence-corrected chi connectivity index (χ2v) is 12.3. The van der Waals surface area contributed by atoms with Crippen molar-refractivity contribution in [2.24, 2.45) is 0 Å². The predicted molar refractivity (Wildman–Crippen MR) is 187 cm³/mol. The number of esters is 5. The zero-order valence-corrected chi connectivity index (χ0v) is 30.0. The molecule has 5 atom stereocenters. The molecule has 18 heteroatoms. The van der Waals surface area contributed by atoms with Crippen molar-refractivity contribution in [2.75, 3.05) is 6.61 Å². The third-order valence-corrected chi connectivity index (χ3v) is 7.90. The van der Waals surface area contributed by atoms with Crippen molar-refractivity contribution in [3.8, 4) is 34.3 Å². The molecule has 2 aliphatic rings. The third-order valence-electron chi connectivity index (χ3n) is 7.90. The molecule has 0 amide bonds. The number of benzene rings is 2. The topological polar surface area (TPSA) is 258 Å². The van der Waals surface area contributed by atoms with E-state index in [4.69, 9.17) is 37.6 Å². The van der Waals surface area contributed by atoms with Crippen LogP contribution in [0.25, 0.3) is 22.3 Å². The summed E-state index contributed by atoms with van der Waals surface area (Å²) in [4.78, 5) is 85.4. The summed E-state index contributed by atoms with van der Waals surface area (Å²) in [5.41, 5.74) is -2.39. The van der Waals surface area contributed by atoms with Gasteiger partial charge in [-0.2, -0.15) is 0 Å². The molecule has 1 aliphatic heterocycles. The van der Waals surface area contributed by atoms with Gasteiger partial charge in [-0.25, -0.2) is 4.79 Å². The minimum absolute atomic E-state index is 0.0952. The second kappa shape index (κ2) is 16.9. The summed E-state index contributed by atoms with van der Waals surface area (Å²) in [6.45, 7) is 3.62. The Hall–Kier alpha value is -6.47. The first-order valence-electron chi connectivity index (χ1n) is 16.6. The second-order valence-electron chi connectivity index (χ2n) is 12.3. The fraction of sp³-hybridized carbons (Fsp3) is 0.289. The van der Waals surface area contributed by atoms with Gasteiger partial charge in [-0.05, 0) is 48.6 Å². The zero-order chi connectivity index (χ0) is 40.9. The number of ether oxygens (including phenoxy) is 7. The first-order chi connectivity index (χ1) is 26.5. The molecule has 3 aromatic rings. The van der Waals surface area contributed by atoms with Gasteiger partial charge < -0.3 is 52.9 Å². The summed E-state index contributed by atoms with van der Waals surface area (Å²) in [7, 11) is 0. The van der Waals surface area contributed by atoms with Gasteiger partial charge in [-0.15, -0.1) is 0 Å². The molecule has 18 nitrogen and oxygen atoms in total. The fourth-order valence-corrected chi connectivity index (χ4v) is 5.59. The lowest BCUT2D eigenvalue weighted by molar-refractivity contribution is -0.281. The number of ketones is 1. The van der Waals surface area contributed by atoms with Crippen molar-refractivity contribution in [1.82, 2.24) is 0 Å². The van der Waals surface area contributed by atoms with Crippen molar-refractivity contribution >= 4 is 46.6 Å². The minimum atomic E-state index is -1.92. The Morgan fingerprint density at radius 3 is 2.07 bits per heavy atom. The van der Waals surface area contributed by atoms with E-state index < -0.39 is 84.0 Å². The quantitative estimate of drug-likeness (QED) is 0.142. The van der Waals surface area contributed by atoms with Gasteiger partial charge >= 0.3 is 29.8 Å². The highest BCUT2D eigenvalue weighted by molar-refractivity contribution is 6.01. The van der Waals surface area contributed by atoms with E-state index in [1.165, 1.54) is 36.4 Å². The zero-order valence-electron chi connectivity index (χ0n) is 30.0. The Balaban J connectivity index is 1.52. The Labute approximate surface area is 316 Å². The SMILES string of the molecule is CC(=O)Oc1ccc(-c2cc(=O)c3c(OC(C)=O)cc(OC4OC(CO)C(O)C(O)C4OC(=O)C=CC4(OC(C)=O)C=CC(=O)C=C4)cc3o2)cc1OC(C)=O. The summed E-state index contributed by atoms with van der Waals surface area (Å²) < 4.78 is 43.8. The van der Waals surface area contributed by atoms with Crippen molar-refractivity contribution in [3.63, 3.8) is 0 Å². The molecule has 2 heterocycles. The lowest BCUT2D eigenvalue weighted by atomic mass is 9.96. The largest absolute Gasteiger partial charge is 0.460 e. The normalized spacial score (nSPS) is 21.3. The molecule has 1 fully saturated rings. The highest BCUT2D eigenvalue weighted by Gasteiger charge is 2.48. The molecule has 2 aromatic carbocycles. The Morgan fingerprint density at radius 2 is 1.45 bits per heavy atom. The minimum Gasteiger partial charge on any atom is -0.460 e. The van der Waals surface area contributed by atoms with E-state index in [9.17, 15) is 48.9 Å². The monoisotopic (exact) mass is 778 g/mol. The first kappa shape index (κ1) is 40.7. The van der Waals surface area contributed by atoms with Gasteiger partial charge in [-0.3, -0.25) is 28.8 Å². The molecule has 3 N–H and O–H groups in total. The molecular weight excluding hydrogens is 744 g/mol. The molecule has 56 heavy (non-hydrogen) atoms. The van der Waals surface area contributed by atoms with Crippen molar-refractivity contribution in [2.45, 2.75) is 64.0 Å². The van der Waals surface area contributed by atoms with Crippen LogP contribution in [-0.2, 0) is 43.0 Å². The fourth-order valence-electron chi connectivity index (χ4n) is 5.59. The predicted octanol–water partition coefficient (Wildman–Crippen LogP) is 1.52. The standard InChI is InChI=1S/C38H34O18/c1-18(40)49-26-6-5-22(13-28(26)50-19(2)41)27-16-25(45)33-29(51-20(3)42)14-24(15-30(33)53-27)52-37-36(35(48)34(47)31(17-39)54-37)55-32(46)9-12-38(56-21(4)43)10-7-23(44)8-11-38/h5-16,31,34-37,39,47-48H,17H2,1-4H3. The van der Waals surface area contributed by atoms with Crippen LogP contribution in [0.4, 0.5) is 0 Å². The van der Waals surface area contributed by atoms with Crippen molar-refractivity contribution in [3.05, 3.63) is 83.1 Å². The number of aliphatic hydroxyl groups is 3. The van der Waals surface area contributed by atoms with Gasteiger partial charge in [0, 0.05) is 57.5 Å². The lowest BCUT2D eigenvalue weighted by Gasteiger charge is -2.41. The molecule has 5 rings (SSSR count). The molecule has 1 saturated heterocycles. The number of carbonyl (C=O) groups is 6. The van der Waals surface area contributed by atoms with Gasteiger partial charge in [0.1, 0.15) is 46.5 Å². The van der Waals surface area contributed by atoms with Gasteiger partial charge in [0.15, 0.2) is 34.4 Å². The smallest absolute Gasteiger partial charge is 0.331 e. The summed E-state index contributed by atoms with van der Waals surface area (Å²) in [5, 5.41) is 31.3. The summed E-state index contributed by atoms with van der Waals surface area (Å²) in [5.74, 6) is -5.54. The molecular formula is C38H34O18. The van der Waals surface area contributed by atoms with E-state index in [0.29, 0.717) is 0 Å². The van der Waals surface area contributed by atoms with Crippen molar-refractivity contribution < 1.29 is 81.7 Å².